The summed E-state index contributed by atoms with van der Waals surface area (Å²) in [5.74, 6) is -0.493. The van der Waals surface area contributed by atoms with Crippen LogP contribution in [-0.2, 0) is 9.59 Å². The van der Waals surface area contributed by atoms with Crippen molar-refractivity contribution in [2.45, 2.75) is 53.4 Å². The molecule has 19 heavy (non-hydrogen) atoms. The number of nitrogens with two attached hydrogens (primary N) is 2. The highest BCUT2D eigenvalue weighted by atomic mass is 16.1. The monoisotopic (exact) mass is 268 g/mol. The summed E-state index contributed by atoms with van der Waals surface area (Å²) in [6, 6.07) is 0. The van der Waals surface area contributed by atoms with Crippen LogP contribution in [0.4, 0.5) is 0 Å². The molecule has 0 spiro atoms. The van der Waals surface area contributed by atoms with Crippen molar-refractivity contribution in [2.75, 3.05) is 0 Å². The van der Waals surface area contributed by atoms with E-state index in [1.807, 2.05) is 26.8 Å². The lowest BCUT2D eigenvalue weighted by Crippen LogP contribution is -2.16. The van der Waals surface area contributed by atoms with E-state index in [0.29, 0.717) is 5.57 Å². The summed E-state index contributed by atoms with van der Waals surface area (Å²) >= 11 is 0. The molecule has 0 rings (SSSR count). The predicted molar refractivity (Wildman–Crippen MR) is 80.3 cm³/mol. The number of allylic oxidation sites excluding steroid dienone is 1. The number of rotatable bonds is 7. The van der Waals surface area contributed by atoms with Crippen LogP contribution in [0.1, 0.15) is 53.4 Å². The normalized spacial score (nSPS) is 10.7. The van der Waals surface area contributed by atoms with Crippen LogP contribution < -0.4 is 11.5 Å². The Balaban J connectivity index is 0. The summed E-state index contributed by atoms with van der Waals surface area (Å²) in [4.78, 5) is 21.0. The van der Waals surface area contributed by atoms with Crippen LogP contribution in [-0.4, -0.2) is 11.8 Å². The molecule has 0 aliphatic rings. The van der Waals surface area contributed by atoms with Crippen molar-refractivity contribution < 1.29 is 9.59 Å². The molecule has 0 aromatic rings. The van der Waals surface area contributed by atoms with Gasteiger partial charge in [0.25, 0.3) is 0 Å². The maximum atomic E-state index is 10.7. The number of carbonyl (C=O) groups excluding carboxylic acids is 2. The fourth-order valence-corrected chi connectivity index (χ4v) is 1.20. The molecule has 2 amide bonds. The third kappa shape index (κ3) is 11.3. The summed E-state index contributed by atoms with van der Waals surface area (Å²) in [5.41, 5.74) is 11.3. The van der Waals surface area contributed by atoms with Crippen molar-refractivity contribution in [2.24, 2.45) is 17.4 Å². The first-order valence-corrected chi connectivity index (χ1v) is 6.75. The smallest absolute Gasteiger partial charge is 0.244 e. The van der Waals surface area contributed by atoms with E-state index in [-0.39, 0.29) is 11.8 Å². The number of unbranched alkanes of at least 4 members (excludes halogenated alkanes) is 1. The number of primary amides is 2. The predicted octanol–water partition coefficient (Wildman–Crippen LogP) is 2.68. The van der Waals surface area contributed by atoms with Crippen LogP contribution >= 0.6 is 0 Å². The van der Waals surface area contributed by atoms with Crippen LogP contribution in [0.15, 0.2) is 23.8 Å². The molecule has 0 aromatic carbocycles. The summed E-state index contributed by atoms with van der Waals surface area (Å²) in [7, 11) is 0. The van der Waals surface area contributed by atoms with E-state index in [2.05, 4.69) is 13.5 Å². The molecule has 0 unspecified atom stereocenters. The largest absolute Gasteiger partial charge is 0.366 e. The molecule has 0 saturated heterocycles. The molecular weight excluding hydrogens is 240 g/mol. The van der Waals surface area contributed by atoms with Crippen molar-refractivity contribution in [3.63, 3.8) is 0 Å². The maximum Gasteiger partial charge on any atom is 0.244 e. The van der Waals surface area contributed by atoms with Gasteiger partial charge in [0.1, 0.15) is 0 Å². The van der Waals surface area contributed by atoms with Gasteiger partial charge in [-0.25, -0.2) is 0 Å². The fraction of sp³-hybridized carbons (Fsp3) is 0.600. The molecule has 0 radical (unpaired) electrons. The minimum Gasteiger partial charge on any atom is -0.366 e. The van der Waals surface area contributed by atoms with Gasteiger partial charge in [-0.2, -0.15) is 0 Å². The Morgan fingerprint density at radius 3 is 1.84 bits per heavy atom. The van der Waals surface area contributed by atoms with E-state index in [4.69, 9.17) is 11.5 Å². The van der Waals surface area contributed by atoms with Crippen molar-refractivity contribution in [3.8, 4) is 0 Å². The van der Waals surface area contributed by atoms with Crippen molar-refractivity contribution in [1.82, 2.24) is 0 Å². The first kappa shape index (κ1) is 19.8. The Bertz CT molecular complexity index is 331. The van der Waals surface area contributed by atoms with Gasteiger partial charge in [0, 0.05) is 11.1 Å². The Morgan fingerprint density at radius 1 is 1.11 bits per heavy atom. The molecule has 4 heteroatoms. The van der Waals surface area contributed by atoms with Gasteiger partial charge < -0.3 is 11.5 Å². The standard InChI is InChI=1S/C9H17NO.C6H11NO/c1-3-5-7-8(6-4-2)9(10)11;1-4(2)5(3)6(7)8/h7H,3-6H2,1-2H3,(H2,10,11);4H,3H2,1-2H3,(H2,7,8). The SMILES string of the molecule is C=C(C(N)=O)C(C)C.CCCC=C(CCC)C(N)=O. The molecule has 4 N–H and O–H groups in total. The van der Waals surface area contributed by atoms with Crippen LogP contribution in [0.5, 0.6) is 0 Å². The lowest BCUT2D eigenvalue weighted by Gasteiger charge is -2.01. The first-order chi connectivity index (χ1) is 8.77. The van der Waals surface area contributed by atoms with E-state index in [0.717, 1.165) is 31.3 Å². The average Bonchev–Trinajstić information content (AvgIpc) is 2.33. The number of hydrogen-bond donors (Lipinski definition) is 2. The Labute approximate surface area is 116 Å². The molecule has 0 aliphatic carbocycles. The quantitative estimate of drug-likeness (QED) is 0.695. The van der Waals surface area contributed by atoms with Gasteiger partial charge in [-0.3, -0.25) is 9.59 Å². The summed E-state index contributed by atoms with van der Waals surface area (Å²) in [6.07, 6.45) is 5.78. The van der Waals surface area contributed by atoms with Crippen LogP contribution in [0.2, 0.25) is 0 Å². The van der Waals surface area contributed by atoms with Gasteiger partial charge in [-0.15, -0.1) is 0 Å². The second-order valence-electron chi connectivity index (χ2n) is 4.68. The van der Waals surface area contributed by atoms with Crippen LogP contribution in [0.25, 0.3) is 0 Å². The summed E-state index contributed by atoms with van der Waals surface area (Å²) in [5, 5.41) is 0. The zero-order valence-electron chi connectivity index (χ0n) is 12.7. The van der Waals surface area contributed by atoms with Crippen molar-refractivity contribution in [1.29, 1.82) is 0 Å². The van der Waals surface area contributed by atoms with E-state index >= 15 is 0 Å². The van der Waals surface area contributed by atoms with Crippen LogP contribution in [0, 0.1) is 5.92 Å². The minimum atomic E-state index is -0.403. The molecule has 0 fully saturated rings. The van der Waals surface area contributed by atoms with E-state index < -0.39 is 5.91 Å². The molecule has 0 aromatic heterocycles. The zero-order valence-corrected chi connectivity index (χ0v) is 12.7. The molecule has 0 atom stereocenters. The van der Waals surface area contributed by atoms with Gasteiger partial charge >= 0.3 is 0 Å². The average molecular weight is 268 g/mol. The fourth-order valence-electron chi connectivity index (χ4n) is 1.20. The Hall–Kier alpha value is -1.58. The molecule has 0 bridgehead atoms. The van der Waals surface area contributed by atoms with E-state index in [1.54, 1.807) is 0 Å². The second-order valence-corrected chi connectivity index (χ2v) is 4.68. The lowest BCUT2D eigenvalue weighted by atomic mass is 10.1. The number of carbonyl (C=O) groups is 2. The minimum absolute atomic E-state index is 0.174. The van der Waals surface area contributed by atoms with Crippen LogP contribution in [0.3, 0.4) is 0 Å². The topological polar surface area (TPSA) is 86.2 Å². The van der Waals surface area contributed by atoms with Gasteiger partial charge in [0.15, 0.2) is 0 Å². The molecule has 0 heterocycles. The number of hydrogen-bond acceptors (Lipinski definition) is 2. The molecule has 110 valence electrons. The zero-order chi connectivity index (χ0) is 15.4. The molecular formula is C15H28N2O2. The molecule has 0 aliphatic heterocycles. The Morgan fingerprint density at radius 2 is 1.63 bits per heavy atom. The highest BCUT2D eigenvalue weighted by molar-refractivity contribution is 5.92. The summed E-state index contributed by atoms with van der Waals surface area (Å²) in [6.45, 7) is 11.4. The molecule has 4 nitrogen and oxygen atoms in total. The van der Waals surface area contributed by atoms with E-state index in [1.165, 1.54) is 0 Å². The maximum absolute atomic E-state index is 10.7. The van der Waals surface area contributed by atoms with Gasteiger partial charge in [-0.1, -0.05) is 53.2 Å². The third-order valence-corrected chi connectivity index (χ3v) is 2.53. The first-order valence-electron chi connectivity index (χ1n) is 6.75. The van der Waals surface area contributed by atoms with E-state index in [9.17, 15) is 9.59 Å². The Kier molecular flexibility index (Phi) is 12.0. The molecule has 0 saturated carbocycles. The third-order valence-electron chi connectivity index (χ3n) is 2.53. The lowest BCUT2D eigenvalue weighted by molar-refractivity contribution is -0.115. The second kappa shape index (κ2) is 11.5. The van der Waals surface area contributed by atoms with Crippen molar-refractivity contribution in [3.05, 3.63) is 23.8 Å². The van der Waals surface area contributed by atoms with Crippen molar-refractivity contribution >= 4 is 11.8 Å². The van der Waals surface area contributed by atoms with Gasteiger partial charge in [0.05, 0.1) is 0 Å². The van der Waals surface area contributed by atoms with Gasteiger partial charge in [0.2, 0.25) is 11.8 Å². The summed E-state index contributed by atoms with van der Waals surface area (Å²) < 4.78 is 0. The highest BCUT2D eigenvalue weighted by Gasteiger charge is 2.04. The highest BCUT2D eigenvalue weighted by Crippen LogP contribution is 2.06. The van der Waals surface area contributed by atoms with Gasteiger partial charge in [-0.05, 0) is 18.8 Å². The number of amides is 2.